The number of nitrogens with one attached hydrogen (secondary N) is 1. The summed E-state index contributed by atoms with van der Waals surface area (Å²) in [5, 5.41) is 1.16. The Balaban J connectivity index is 2.24. The molecule has 5 nitrogen and oxygen atoms in total. The van der Waals surface area contributed by atoms with E-state index >= 15 is 0 Å². The van der Waals surface area contributed by atoms with Gasteiger partial charge in [-0.25, -0.2) is 13.1 Å². The van der Waals surface area contributed by atoms with E-state index in [4.69, 9.17) is 0 Å². The van der Waals surface area contributed by atoms with Crippen molar-refractivity contribution in [3.8, 4) is 0 Å². The summed E-state index contributed by atoms with van der Waals surface area (Å²) >= 11 is 0. The Morgan fingerprint density at radius 1 is 1.19 bits per heavy atom. The molecule has 0 unspecified atom stereocenters. The maximum absolute atomic E-state index is 11.7. The summed E-state index contributed by atoms with van der Waals surface area (Å²) in [7, 11) is -2.05. The fourth-order valence-electron chi connectivity index (χ4n) is 1.67. The zero-order valence-corrected chi connectivity index (χ0v) is 12.9. The number of rotatable bonds is 9. The summed E-state index contributed by atoms with van der Waals surface area (Å²) in [6.45, 7) is 0.364. The Bertz CT molecular complexity index is 552. The van der Waals surface area contributed by atoms with Crippen molar-refractivity contribution in [2.75, 3.05) is 13.7 Å². The van der Waals surface area contributed by atoms with Gasteiger partial charge in [0.15, 0.2) is 0 Å². The van der Waals surface area contributed by atoms with Gasteiger partial charge in [-0.15, -0.1) is 0 Å². The van der Waals surface area contributed by atoms with E-state index in [-0.39, 0.29) is 5.97 Å². The second kappa shape index (κ2) is 9.31. The van der Waals surface area contributed by atoms with Crippen LogP contribution >= 0.6 is 0 Å². The molecule has 0 spiro atoms. The highest BCUT2D eigenvalue weighted by Crippen LogP contribution is 2.04. The van der Waals surface area contributed by atoms with Crippen LogP contribution in [0.1, 0.15) is 31.2 Å². The van der Waals surface area contributed by atoms with Gasteiger partial charge in [-0.05, 0) is 24.5 Å². The van der Waals surface area contributed by atoms with Crippen molar-refractivity contribution in [1.82, 2.24) is 4.72 Å². The van der Waals surface area contributed by atoms with Crippen molar-refractivity contribution in [2.45, 2.75) is 25.7 Å². The first-order valence-electron chi connectivity index (χ1n) is 6.83. The molecular formula is C15H21NO4S. The number of sulfonamides is 1. The molecule has 1 aromatic carbocycles. The lowest BCUT2D eigenvalue weighted by atomic mass is 10.2. The van der Waals surface area contributed by atoms with Gasteiger partial charge in [0.05, 0.1) is 7.11 Å². The minimum Gasteiger partial charge on any atom is -0.469 e. The Hall–Kier alpha value is -1.66. The smallest absolute Gasteiger partial charge is 0.305 e. The molecule has 1 aromatic rings. The molecule has 1 N–H and O–H groups in total. The van der Waals surface area contributed by atoms with Gasteiger partial charge < -0.3 is 4.74 Å². The highest BCUT2D eigenvalue weighted by Gasteiger charge is 2.04. The van der Waals surface area contributed by atoms with Gasteiger partial charge in [-0.2, -0.15) is 0 Å². The van der Waals surface area contributed by atoms with Crippen LogP contribution in [-0.4, -0.2) is 28.0 Å². The number of carbonyl (C=O) groups excluding carboxylic acids is 1. The van der Waals surface area contributed by atoms with Crippen molar-refractivity contribution in [3.63, 3.8) is 0 Å². The third-order valence-corrected chi connectivity index (χ3v) is 3.93. The zero-order chi connectivity index (χ0) is 15.6. The van der Waals surface area contributed by atoms with Crippen molar-refractivity contribution in [1.29, 1.82) is 0 Å². The van der Waals surface area contributed by atoms with Crippen LogP contribution in [0.25, 0.3) is 6.08 Å². The zero-order valence-electron chi connectivity index (χ0n) is 12.1. The molecule has 6 heteroatoms. The molecule has 0 heterocycles. The normalized spacial score (nSPS) is 11.7. The number of methoxy groups -OCH3 is 1. The molecule has 116 valence electrons. The maximum Gasteiger partial charge on any atom is 0.305 e. The van der Waals surface area contributed by atoms with Crippen LogP contribution in [0.3, 0.4) is 0 Å². The van der Waals surface area contributed by atoms with E-state index in [0.717, 1.165) is 17.4 Å². The third kappa shape index (κ3) is 8.27. The summed E-state index contributed by atoms with van der Waals surface area (Å²) in [6, 6.07) is 9.23. The summed E-state index contributed by atoms with van der Waals surface area (Å²) in [5.74, 6) is -0.235. The molecule has 0 aliphatic rings. The van der Waals surface area contributed by atoms with Gasteiger partial charge >= 0.3 is 5.97 Å². The third-order valence-electron chi connectivity index (χ3n) is 2.83. The van der Waals surface area contributed by atoms with E-state index in [1.807, 2.05) is 30.3 Å². The van der Waals surface area contributed by atoms with Gasteiger partial charge in [-0.1, -0.05) is 36.8 Å². The van der Waals surface area contributed by atoms with Crippen molar-refractivity contribution in [3.05, 3.63) is 41.3 Å². The molecular weight excluding hydrogens is 290 g/mol. The monoisotopic (exact) mass is 311 g/mol. The van der Waals surface area contributed by atoms with E-state index in [0.29, 0.717) is 25.8 Å². The number of ether oxygens (including phenoxy) is 1. The van der Waals surface area contributed by atoms with Gasteiger partial charge in [0, 0.05) is 18.4 Å². The van der Waals surface area contributed by atoms with Crippen molar-refractivity contribution in [2.24, 2.45) is 0 Å². The first-order valence-corrected chi connectivity index (χ1v) is 8.38. The second-order valence-corrected chi connectivity index (χ2v) is 6.19. The Labute approximate surface area is 126 Å². The maximum atomic E-state index is 11.7. The predicted octanol–water partition coefficient (Wildman–Crippen LogP) is 2.31. The lowest BCUT2D eigenvalue weighted by Crippen LogP contribution is -2.22. The summed E-state index contributed by atoms with van der Waals surface area (Å²) in [6.07, 6.45) is 4.10. The van der Waals surface area contributed by atoms with Gasteiger partial charge in [-0.3, -0.25) is 4.79 Å². The largest absolute Gasteiger partial charge is 0.469 e. The molecule has 0 radical (unpaired) electrons. The van der Waals surface area contributed by atoms with Crippen LogP contribution < -0.4 is 4.72 Å². The standard InChI is InChI=1S/C15H21NO4S/c1-20-15(17)10-6-3-7-12-16-21(18,19)13-11-14-8-4-2-5-9-14/h2,4-5,8-9,11,13,16H,3,6-7,10,12H2,1H3/b13-11+. The topological polar surface area (TPSA) is 72.5 Å². The minimum atomic E-state index is -3.41. The predicted molar refractivity (Wildman–Crippen MR) is 82.9 cm³/mol. The molecule has 0 bridgehead atoms. The first-order chi connectivity index (χ1) is 10.0. The molecule has 0 saturated carbocycles. The molecule has 0 aliphatic carbocycles. The lowest BCUT2D eigenvalue weighted by molar-refractivity contribution is -0.140. The fourth-order valence-corrected chi connectivity index (χ4v) is 2.53. The van der Waals surface area contributed by atoms with Crippen LogP contribution in [0.5, 0.6) is 0 Å². The molecule has 0 aliphatic heterocycles. The summed E-state index contributed by atoms with van der Waals surface area (Å²) in [4.78, 5) is 10.9. The molecule has 0 fully saturated rings. The molecule has 0 amide bonds. The Morgan fingerprint density at radius 3 is 2.57 bits per heavy atom. The number of unbranched alkanes of at least 4 members (excludes halogenated alkanes) is 2. The molecule has 0 atom stereocenters. The van der Waals surface area contributed by atoms with E-state index in [1.165, 1.54) is 7.11 Å². The van der Waals surface area contributed by atoms with E-state index in [9.17, 15) is 13.2 Å². The summed E-state index contributed by atoms with van der Waals surface area (Å²) < 4.78 is 30.5. The fraction of sp³-hybridized carbons (Fsp3) is 0.400. The van der Waals surface area contributed by atoms with Crippen LogP contribution in [0.15, 0.2) is 35.7 Å². The average molecular weight is 311 g/mol. The lowest BCUT2D eigenvalue weighted by Gasteiger charge is -2.03. The Morgan fingerprint density at radius 2 is 1.90 bits per heavy atom. The highest BCUT2D eigenvalue weighted by atomic mass is 32.2. The van der Waals surface area contributed by atoms with Crippen LogP contribution in [0.2, 0.25) is 0 Å². The van der Waals surface area contributed by atoms with E-state index in [1.54, 1.807) is 6.08 Å². The quantitative estimate of drug-likeness (QED) is 0.561. The van der Waals surface area contributed by atoms with Crippen molar-refractivity contribution >= 4 is 22.1 Å². The number of carbonyl (C=O) groups is 1. The number of hydrogen-bond acceptors (Lipinski definition) is 4. The molecule has 21 heavy (non-hydrogen) atoms. The van der Waals surface area contributed by atoms with E-state index in [2.05, 4.69) is 9.46 Å². The molecule has 0 aromatic heterocycles. The van der Waals surface area contributed by atoms with Gasteiger partial charge in [0.2, 0.25) is 10.0 Å². The van der Waals surface area contributed by atoms with Gasteiger partial charge in [0.25, 0.3) is 0 Å². The summed E-state index contributed by atoms with van der Waals surface area (Å²) in [5.41, 5.74) is 0.834. The SMILES string of the molecule is COC(=O)CCCCCNS(=O)(=O)/C=C/c1ccccc1. The van der Waals surface area contributed by atoms with Crippen LogP contribution in [0.4, 0.5) is 0 Å². The number of esters is 1. The second-order valence-electron chi connectivity index (χ2n) is 4.54. The average Bonchev–Trinajstić information content (AvgIpc) is 2.49. The molecule has 0 saturated heterocycles. The Kier molecular flexibility index (Phi) is 7.71. The van der Waals surface area contributed by atoms with Gasteiger partial charge in [0.1, 0.15) is 0 Å². The minimum absolute atomic E-state index is 0.235. The first kappa shape index (κ1) is 17.4. The highest BCUT2D eigenvalue weighted by molar-refractivity contribution is 7.92. The molecule has 1 rings (SSSR count). The van der Waals surface area contributed by atoms with Crippen molar-refractivity contribution < 1.29 is 17.9 Å². The number of benzene rings is 1. The number of hydrogen-bond donors (Lipinski definition) is 1. The van der Waals surface area contributed by atoms with Crippen LogP contribution in [0, 0.1) is 0 Å². The van der Waals surface area contributed by atoms with E-state index < -0.39 is 10.0 Å². The van der Waals surface area contributed by atoms with Crippen LogP contribution in [-0.2, 0) is 19.6 Å².